The molecule has 0 saturated carbocycles. The molecule has 0 saturated heterocycles. The van der Waals surface area contributed by atoms with Crippen LogP contribution in [0, 0.1) is 11.3 Å². The molecule has 4 aromatic rings. The van der Waals surface area contributed by atoms with Crippen LogP contribution in [0.1, 0.15) is 21.4 Å². The summed E-state index contributed by atoms with van der Waals surface area (Å²) in [7, 11) is 0. The van der Waals surface area contributed by atoms with Crippen molar-refractivity contribution >= 4 is 51.2 Å². The second kappa shape index (κ2) is 7.16. The van der Waals surface area contributed by atoms with E-state index in [1.54, 1.807) is 36.4 Å². The molecule has 4 rings (SSSR count). The van der Waals surface area contributed by atoms with Gasteiger partial charge in [-0.15, -0.1) is 11.3 Å². The topological polar surface area (TPSA) is 69.5 Å². The summed E-state index contributed by atoms with van der Waals surface area (Å²) in [5.41, 5.74) is 2.75. The Morgan fingerprint density at radius 1 is 1.11 bits per heavy atom. The van der Waals surface area contributed by atoms with E-state index in [0.29, 0.717) is 26.4 Å². The summed E-state index contributed by atoms with van der Waals surface area (Å²) in [6, 6.07) is 16.4. The first-order chi connectivity index (χ1) is 13.0. The lowest BCUT2D eigenvalue weighted by Gasteiger charge is -2.03. The standard InChI is InChI=1S/C20H11Cl2N3OS/c21-13-3-1-11(2-4-13)18-10-27-20(25-18)15(9-23)19(26)17-8-12-7-14(22)5-6-16(12)24-17/h1-8,10,15,24H. The number of hydrogen-bond donors (Lipinski definition) is 1. The molecular formula is C20H11Cl2N3OS. The number of aromatic amines is 1. The normalized spacial score (nSPS) is 12.0. The number of hydrogen-bond acceptors (Lipinski definition) is 4. The quantitative estimate of drug-likeness (QED) is 0.413. The number of nitriles is 1. The predicted octanol–water partition coefficient (Wildman–Crippen LogP) is 6.09. The lowest BCUT2D eigenvalue weighted by molar-refractivity contribution is 0.0975. The van der Waals surface area contributed by atoms with Crippen LogP contribution < -0.4 is 0 Å². The number of halogens is 2. The van der Waals surface area contributed by atoms with Crippen LogP contribution in [0.25, 0.3) is 22.2 Å². The molecule has 0 spiro atoms. The van der Waals surface area contributed by atoms with Gasteiger partial charge in [-0.2, -0.15) is 5.26 Å². The molecule has 4 nitrogen and oxygen atoms in total. The van der Waals surface area contributed by atoms with Gasteiger partial charge in [-0.3, -0.25) is 4.79 Å². The molecular weight excluding hydrogens is 401 g/mol. The molecule has 0 bridgehead atoms. The maximum atomic E-state index is 12.9. The maximum Gasteiger partial charge on any atom is 0.203 e. The van der Waals surface area contributed by atoms with Gasteiger partial charge in [0.25, 0.3) is 0 Å². The van der Waals surface area contributed by atoms with Gasteiger partial charge in [0.15, 0.2) is 5.92 Å². The minimum absolute atomic E-state index is 0.318. The molecule has 1 unspecified atom stereocenters. The molecule has 2 heterocycles. The van der Waals surface area contributed by atoms with E-state index in [1.807, 2.05) is 17.5 Å². The number of H-pyrrole nitrogens is 1. The maximum absolute atomic E-state index is 12.9. The Kier molecular flexibility index (Phi) is 4.71. The van der Waals surface area contributed by atoms with Gasteiger partial charge in [0, 0.05) is 31.9 Å². The highest BCUT2D eigenvalue weighted by Gasteiger charge is 2.26. The molecule has 0 amide bonds. The van der Waals surface area contributed by atoms with E-state index in [1.165, 1.54) is 11.3 Å². The summed E-state index contributed by atoms with van der Waals surface area (Å²) in [6.07, 6.45) is 0. The number of nitrogens with zero attached hydrogens (tertiary/aromatic N) is 2. The number of fused-ring (bicyclic) bond motifs is 1. The molecule has 1 N–H and O–H groups in total. The molecule has 0 aliphatic rings. The van der Waals surface area contributed by atoms with Crippen molar-refractivity contribution in [3.8, 4) is 17.3 Å². The molecule has 0 radical (unpaired) electrons. The molecule has 2 aromatic heterocycles. The zero-order chi connectivity index (χ0) is 19.0. The third kappa shape index (κ3) is 3.47. The fourth-order valence-corrected chi connectivity index (χ4v) is 3.97. The summed E-state index contributed by atoms with van der Waals surface area (Å²) in [5.74, 6) is -1.29. The van der Waals surface area contributed by atoms with E-state index >= 15 is 0 Å². The molecule has 0 aliphatic heterocycles. The molecule has 2 aromatic carbocycles. The highest BCUT2D eigenvalue weighted by molar-refractivity contribution is 7.10. The van der Waals surface area contributed by atoms with Crippen LogP contribution in [0.15, 0.2) is 53.9 Å². The van der Waals surface area contributed by atoms with Crippen molar-refractivity contribution < 1.29 is 4.79 Å². The van der Waals surface area contributed by atoms with Gasteiger partial charge in [-0.05, 0) is 36.4 Å². The fraction of sp³-hybridized carbons (Fsp3) is 0.0500. The van der Waals surface area contributed by atoms with Gasteiger partial charge < -0.3 is 4.98 Å². The lowest BCUT2D eigenvalue weighted by atomic mass is 10.0. The van der Waals surface area contributed by atoms with Crippen molar-refractivity contribution in [2.24, 2.45) is 0 Å². The summed E-state index contributed by atoms with van der Waals surface area (Å²) >= 11 is 13.2. The number of Topliss-reactive ketones (excluding diaryl/α,β-unsaturated/α-hetero) is 1. The van der Waals surface area contributed by atoms with Gasteiger partial charge in [0.2, 0.25) is 5.78 Å². The van der Waals surface area contributed by atoms with Crippen molar-refractivity contribution in [2.45, 2.75) is 5.92 Å². The van der Waals surface area contributed by atoms with E-state index in [2.05, 4.69) is 16.0 Å². The Labute approximate surface area is 169 Å². The van der Waals surface area contributed by atoms with Crippen molar-refractivity contribution in [3.63, 3.8) is 0 Å². The highest BCUT2D eigenvalue weighted by atomic mass is 35.5. The number of benzene rings is 2. The van der Waals surface area contributed by atoms with E-state index in [0.717, 1.165) is 16.5 Å². The van der Waals surface area contributed by atoms with Crippen molar-refractivity contribution in [3.05, 3.63) is 74.7 Å². The Morgan fingerprint density at radius 3 is 2.59 bits per heavy atom. The minimum atomic E-state index is -0.973. The van der Waals surface area contributed by atoms with E-state index in [-0.39, 0.29) is 5.78 Å². The monoisotopic (exact) mass is 411 g/mol. The first kappa shape index (κ1) is 17.7. The second-order valence-electron chi connectivity index (χ2n) is 5.92. The van der Waals surface area contributed by atoms with Crippen LogP contribution in [0.5, 0.6) is 0 Å². The number of thiazole rings is 1. The van der Waals surface area contributed by atoms with Crippen LogP contribution in [-0.2, 0) is 0 Å². The number of rotatable bonds is 4. The Bertz CT molecular complexity index is 1190. The summed E-state index contributed by atoms with van der Waals surface area (Å²) in [4.78, 5) is 20.4. The third-order valence-corrected chi connectivity index (χ3v) is 5.55. The predicted molar refractivity (Wildman–Crippen MR) is 109 cm³/mol. The molecule has 132 valence electrons. The first-order valence-electron chi connectivity index (χ1n) is 7.98. The number of aromatic nitrogens is 2. The molecule has 7 heteroatoms. The van der Waals surface area contributed by atoms with Gasteiger partial charge in [-0.1, -0.05) is 35.3 Å². The lowest BCUT2D eigenvalue weighted by Crippen LogP contribution is -2.11. The first-order valence-corrected chi connectivity index (χ1v) is 9.62. The van der Waals surface area contributed by atoms with Gasteiger partial charge >= 0.3 is 0 Å². The van der Waals surface area contributed by atoms with Crippen molar-refractivity contribution in [1.29, 1.82) is 5.26 Å². The summed E-state index contributed by atoms with van der Waals surface area (Å²) in [6.45, 7) is 0. The zero-order valence-electron chi connectivity index (χ0n) is 13.7. The number of carbonyl (C=O) groups excluding carboxylic acids is 1. The largest absolute Gasteiger partial charge is 0.352 e. The highest BCUT2D eigenvalue weighted by Crippen LogP contribution is 2.30. The van der Waals surface area contributed by atoms with E-state index in [9.17, 15) is 10.1 Å². The number of nitrogens with one attached hydrogen (secondary N) is 1. The summed E-state index contributed by atoms with van der Waals surface area (Å²) in [5, 5.41) is 13.9. The average molecular weight is 412 g/mol. The van der Waals surface area contributed by atoms with Gasteiger partial charge in [0.05, 0.1) is 17.5 Å². The fourth-order valence-electron chi connectivity index (χ4n) is 2.79. The minimum Gasteiger partial charge on any atom is -0.352 e. The van der Waals surface area contributed by atoms with Crippen LogP contribution in [0.4, 0.5) is 0 Å². The van der Waals surface area contributed by atoms with Crippen LogP contribution >= 0.6 is 34.5 Å². The number of carbonyl (C=O) groups is 1. The van der Waals surface area contributed by atoms with Gasteiger partial charge in [0.1, 0.15) is 5.01 Å². The van der Waals surface area contributed by atoms with Crippen molar-refractivity contribution in [1.82, 2.24) is 9.97 Å². The summed E-state index contributed by atoms with van der Waals surface area (Å²) < 4.78 is 0. The van der Waals surface area contributed by atoms with E-state index in [4.69, 9.17) is 23.2 Å². The third-order valence-electron chi connectivity index (χ3n) is 4.15. The Balaban J connectivity index is 1.66. The zero-order valence-corrected chi connectivity index (χ0v) is 16.1. The van der Waals surface area contributed by atoms with E-state index < -0.39 is 5.92 Å². The molecule has 0 aliphatic carbocycles. The van der Waals surface area contributed by atoms with Crippen LogP contribution in [0.2, 0.25) is 10.0 Å². The SMILES string of the molecule is N#CC(C(=O)c1cc2cc(Cl)ccc2[nH]1)c1nc(-c2ccc(Cl)cc2)cs1. The second-order valence-corrected chi connectivity index (χ2v) is 7.68. The molecule has 0 fully saturated rings. The van der Waals surface area contributed by atoms with Crippen LogP contribution in [-0.4, -0.2) is 15.8 Å². The Morgan fingerprint density at radius 2 is 1.85 bits per heavy atom. The van der Waals surface area contributed by atoms with Crippen LogP contribution in [0.3, 0.4) is 0 Å². The Hall–Kier alpha value is -2.65. The molecule has 27 heavy (non-hydrogen) atoms. The number of ketones is 1. The smallest absolute Gasteiger partial charge is 0.203 e. The average Bonchev–Trinajstić information content (AvgIpc) is 3.30. The van der Waals surface area contributed by atoms with Crippen molar-refractivity contribution in [2.75, 3.05) is 0 Å². The van der Waals surface area contributed by atoms with Gasteiger partial charge in [-0.25, -0.2) is 4.98 Å². The molecule has 1 atom stereocenters.